The molecule has 2 atom stereocenters. The molecule has 0 amide bonds. The van der Waals surface area contributed by atoms with Gasteiger partial charge in [-0.25, -0.2) is 0 Å². The molecular weight excluding hydrogens is 164 g/mol. The maximum atomic E-state index is 10.4. The Morgan fingerprint density at radius 3 is 2.27 bits per heavy atom. The van der Waals surface area contributed by atoms with Crippen LogP contribution in [0, 0.1) is 0 Å². The van der Waals surface area contributed by atoms with Gasteiger partial charge >= 0.3 is 5.97 Å². The monoisotopic (exact) mass is 178 g/mol. The van der Waals surface area contributed by atoms with Gasteiger partial charge in [0.05, 0.1) is 0 Å². The van der Waals surface area contributed by atoms with Gasteiger partial charge in [0.2, 0.25) is 6.29 Å². The van der Waals surface area contributed by atoms with Crippen LogP contribution in [0.1, 0.15) is 20.8 Å². The fourth-order valence-electron chi connectivity index (χ4n) is 0.587. The van der Waals surface area contributed by atoms with Crippen LogP contribution in [0.15, 0.2) is 0 Å². The standard InChI is InChI=1S/C6H14O4Si/c1-4(7)8-5(2)9-6(3)10-11/h5-6H,1-3,11H3. The van der Waals surface area contributed by atoms with Gasteiger partial charge in [0.1, 0.15) is 16.8 Å². The van der Waals surface area contributed by atoms with Gasteiger partial charge in [0.25, 0.3) is 0 Å². The third kappa shape index (κ3) is 6.02. The first-order valence-corrected chi connectivity index (χ1v) is 4.23. The van der Waals surface area contributed by atoms with Crippen LogP contribution < -0.4 is 0 Å². The minimum atomic E-state index is -0.531. The van der Waals surface area contributed by atoms with Crippen LogP contribution in [0.25, 0.3) is 0 Å². The van der Waals surface area contributed by atoms with E-state index in [9.17, 15) is 4.79 Å². The van der Waals surface area contributed by atoms with Crippen molar-refractivity contribution in [3.63, 3.8) is 0 Å². The normalized spacial score (nSPS) is 15.9. The Kier molecular flexibility index (Phi) is 5.09. The summed E-state index contributed by atoms with van der Waals surface area (Å²) in [4.78, 5) is 10.4. The molecule has 0 aliphatic rings. The van der Waals surface area contributed by atoms with E-state index in [1.54, 1.807) is 13.8 Å². The summed E-state index contributed by atoms with van der Waals surface area (Å²) < 4.78 is 14.7. The summed E-state index contributed by atoms with van der Waals surface area (Å²) in [7, 11) is 0.612. The van der Waals surface area contributed by atoms with Gasteiger partial charge in [-0.05, 0) is 13.8 Å². The smallest absolute Gasteiger partial charge is 0.304 e. The minimum absolute atomic E-state index is 0.295. The summed E-state index contributed by atoms with van der Waals surface area (Å²) in [5, 5.41) is 0. The SMILES string of the molecule is CC(=O)OC(C)OC(C)O[SiH3]. The molecule has 0 saturated carbocycles. The van der Waals surface area contributed by atoms with Crippen LogP contribution in [0.4, 0.5) is 0 Å². The fourth-order valence-corrected chi connectivity index (χ4v) is 0.698. The summed E-state index contributed by atoms with van der Waals surface area (Å²) in [6.07, 6.45) is -0.826. The van der Waals surface area contributed by atoms with Crippen LogP contribution in [0.2, 0.25) is 0 Å². The fraction of sp³-hybridized carbons (Fsp3) is 0.833. The second-order valence-electron chi connectivity index (χ2n) is 2.12. The molecule has 0 rings (SSSR count). The van der Waals surface area contributed by atoms with Gasteiger partial charge in [0.15, 0.2) is 0 Å². The van der Waals surface area contributed by atoms with E-state index < -0.39 is 6.29 Å². The third-order valence-corrected chi connectivity index (χ3v) is 1.71. The van der Waals surface area contributed by atoms with E-state index in [2.05, 4.69) is 0 Å². The molecule has 0 aliphatic carbocycles. The van der Waals surface area contributed by atoms with Crippen LogP contribution >= 0.6 is 0 Å². The van der Waals surface area contributed by atoms with Crippen molar-refractivity contribution in [3.8, 4) is 0 Å². The van der Waals surface area contributed by atoms with Crippen molar-refractivity contribution in [1.82, 2.24) is 0 Å². The molecular formula is C6H14O4Si. The predicted octanol–water partition coefficient (Wildman–Crippen LogP) is -0.445. The van der Waals surface area contributed by atoms with Gasteiger partial charge in [-0.3, -0.25) is 4.79 Å². The van der Waals surface area contributed by atoms with Crippen LogP contribution in [0.3, 0.4) is 0 Å². The van der Waals surface area contributed by atoms with Crippen LogP contribution in [0.5, 0.6) is 0 Å². The first-order valence-electron chi connectivity index (χ1n) is 3.41. The molecule has 0 fully saturated rings. The number of hydrogen-bond donors (Lipinski definition) is 0. The van der Waals surface area contributed by atoms with Gasteiger partial charge in [-0.1, -0.05) is 0 Å². The lowest BCUT2D eigenvalue weighted by Gasteiger charge is -2.17. The zero-order valence-corrected chi connectivity index (χ0v) is 9.29. The zero-order valence-electron chi connectivity index (χ0n) is 7.29. The Bertz CT molecular complexity index is 128. The van der Waals surface area contributed by atoms with Crippen LogP contribution in [-0.4, -0.2) is 29.0 Å². The quantitative estimate of drug-likeness (QED) is 0.332. The minimum Gasteiger partial charge on any atom is -0.436 e. The van der Waals surface area contributed by atoms with Crippen molar-refractivity contribution >= 4 is 16.5 Å². The molecule has 0 aromatic heterocycles. The van der Waals surface area contributed by atoms with E-state index in [4.69, 9.17) is 13.9 Å². The van der Waals surface area contributed by atoms with E-state index in [1.807, 2.05) is 0 Å². The topological polar surface area (TPSA) is 44.8 Å². The highest BCUT2D eigenvalue weighted by Gasteiger charge is 2.08. The molecule has 0 spiro atoms. The van der Waals surface area contributed by atoms with Crippen molar-refractivity contribution in [3.05, 3.63) is 0 Å². The average Bonchev–Trinajstić information content (AvgIpc) is 1.85. The van der Waals surface area contributed by atoms with Gasteiger partial charge in [0, 0.05) is 6.92 Å². The molecule has 0 heterocycles. The first kappa shape index (κ1) is 10.6. The van der Waals surface area contributed by atoms with Crippen molar-refractivity contribution in [2.75, 3.05) is 0 Å². The molecule has 0 aromatic rings. The maximum absolute atomic E-state index is 10.4. The first-order chi connectivity index (χ1) is 5.06. The molecule has 5 heteroatoms. The van der Waals surface area contributed by atoms with E-state index >= 15 is 0 Å². The highest BCUT2D eigenvalue weighted by molar-refractivity contribution is 5.98. The summed E-state index contributed by atoms with van der Waals surface area (Å²) in [5.74, 6) is -0.349. The lowest BCUT2D eigenvalue weighted by Crippen LogP contribution is -2.23. The largest absolute Gasteiger partial charge is 0.436 e. The third-order valence-electron chi connectivity index (χ3n) is 1.05. The molecule has 0 saturated heterocycles. The molecule has 66 valence electrons. The number of carbonyl (C=O) groups is 1. The predicted molar refractivity (Wildman–Crippen MR) is 42.8 cm³/mol. The molecule has 0 aliphatic heterocycles. The van der Waals surface area contributed by atoms with E-state index in [1.165, 1.54) is 6.92 Å². The highest BCUT2D eigenvalue weighted by atomic mass is 28.2. The summed E-state index contributed by atoms with van der Waals surface area (Å²) in [5.41, 5.74) is 0. The molecule has 4 nitrogen and oxygen atoms in total. The number of esters is 1. The van der Waals surface area contributed by atoms with Crippen molar-refractivity contribution < 1.29 is 18.7 Å². The Hall–Kier alpha value is -0.393. The maximum Gasteiger partial charge on any atom is 0.304 e. The zero-order chi connectivity index (χ0) is 8.85. The van der Waals surface area contributed by atoms with Crippen LogP contribution in [-0.2, 0) is 18.7 Å². The number of carbonyl (C=O) groups excluding carboxylic acids is 1. The highest BCUT2D eigenvalue weighted by Crippen LogP contribution is 1.99. The van der Waals surface area contributed by atoms with E-state index in [0.29, 0.717) is 10.5 Å². The average molecular weight is 178 g/mol. The van der Waals surface area contributed by atoms with Crippen molar-refractivity contribution in [2.45, 2.75) is 33.4 Å². The van der Waals surface area contributed by atoms with E-state index in [0.717, 1.165) is 0 Å². The van der Waals surface area contributed by atoms with E-state index in [-0.39, 0.29) is 12.3 Å². The summed E-state index contributed by atoms with van der Waals surface area (Å²) >= 11 is 0. The number of ether oxygens (including phenoxy) is 2. The molecule has 0 aromatic carbocycles. The lowest BCUT2D eigenvalue weighted by molar-refractivity contribution is -0.206. The number of hydrogen-bond acceptors (Lipinski definition) is 4. The van der Waals surface area contributed by atoms with Crippen molar-refractivity contribution in [2.24, 2.45) is 0 Å². The second-order valence-corrected chi connectivity index (χ2v) is 2.59. The second kappa shape index (κ2) is 5.28. The Morgan fingerprint density at radius 2 is 1.91 bits per heavy atom. The molecule has 0 bridgehead atoms. The molecule has 0 N–H and O–H groups in total. The Labute approximate surface area is 69.4 Å². The van der Waals surface area contributed by atoms with Gasteiger partial charge in [-0.2, -0.15) is 0 Å². The van der Waals surface area contributed by atoms with Gasteiger partial charge < -0.3 is 13.9 Å². The lowest BCUT2D eigenvalue weighted by atomic mass is 10.7. The molecule has 0 radical (unpaired) electrons. The number of rotatable bonds is 4. The Balaban J connectivity index is 3.51. The Morgan fingerprint density at radius 1 is 1.36 bits per heavy atom. The van der Waals surface area contributed by atoms with Gasteiger partial charge in [-0.15, -0.1) is 0 Å². The molecule has 2 unspecified atom stereocenters. The molecule has 11 heavy (non-hydrogen) atoms. The summed E-state index contributed by atoms with van der Waals surface area (Å²) in [6, 6.07) is 0. The summed E-state index contributed by atoms with van der Waals surface area (Å²) in [6.45, 7) is 4.75. The van der Waals surface area contributed by atoms with Crippen molar-refractivity contribution in [1.29, 1.82) is 0 Å².